The van der Waals surface area contributed by atoms with Crippen LogP contribution in [0.25, 0.3) is 10.4 Å². The molecule has 1 aromatic heterocycles. The van der Waals surface area contributed by atoms with Gasteiger partial charge in [0.05, 0.1) is 4.88 Å². The highest BCUT2D eigenvalue weighted by atomic mass is 35.5. The zero-order chi connectivity index (χ0) is 16.1. The third-order valence-corrected chi connectivity index (χ3v) is 4.90. The fourth-order valence-corrected chi connectivity index (χ4v) is 3.38. The number of benzene rings is 2. The SMILES string of the molecule is Fc1ccc(-c2cnc(CNCCc3ccccc3Cl)s2)cc1. The van der Waals surface area contributed by atoms with Crippen LogP contribution in [0.4, 0.5) is 4.39 Å². The van der Waals surface area contributed by atoms with Crippen molar-refractivity contribution < 1.29 is 4.39 Å². The fraction of sp³-hybridized carbons (Fsp3) is 0.167. The van der Waals surface area contributed by atoms with Crippen LogP contribution in [0, 0.1) is 5.82 Å². The maximum absolute atomic E-state index is 12.9. The number of nitrogens with zero attached hydrogens (tertiary/aromatic N) is 1. The van der Waals surface area contributed by atoms with Crippen molar-refractivity contribution in [3.8, 4) is 10.4 Å². The molecule has 0 atom stereocenters. The van der Waals surface area contributed by atoms with E-state index in [2.05, 4.69) is 10.3 Å². The van der Waals surface area contributed by atoms with Gasteiger partial charge in [-0.2, -0.15) is 0 Å². The number of aromatic nitrogens is 1. The highest BCUT2D eigenvalue weighted by molar-refractivity contribution is 7.15. The molecule has 0 aliphatic heterocycles. The lowest BCUT2D eigenvalue weighted by Gasteiger charge is -2.04. The zero-order valence-electron chi connectivity index (χ0n) is 12.4. The molecule has 1 N–H and O–H groups in total. The first-order valence-electron chi connectivity index (χ1n) is 7.37. The Balaban J connectivity index is 1.52. The predicted molar refractivity (Wildman–Crippen MR) is 94.4 cm³/mol. The first-order chi connectivity index (χ1) is 11.2. The van der Waals surface area contributed by atoms with E-state index in [-0.39, 0.29) is 5.82 Å². The van der Waals surface area contributed by atoms with Crippen molar-refractivity contribution in [3.63, 3.8) is 0 Å². The van der Waals surface area contributed by atoms with Gasteiger partial charge in [0.25, 0.3) is 0 Å². The van der Waals surface area contributed by atoms with E-state index in [1.54, 1.807) is 23.5 Å². The molecule has 0 radical (unpaired) electrons. The minimum Gasteiger partial charge on any atom is -0.310 e. The van der Waals surface area contributed by atoms with Crippen molar-refractivity contribution in [3.05, 3.63) is 76.1 Å². The second-order valence-corrected chi connectivity index (χ2v) is 6.67. The Kier molecular flexibility index (Phi) is 5.39. The largest absolute Gasteiger partial charge is 0.310 e. The summed E-state index contributed by atoms with van der Waals surface area (Å²) < 4.78 is 12.9. The number of rotatable bonds is 6. The van der Waals surface area contributed by atoms with Gasteiger partial charge in [-0.05, 0) is 42.3 Å². The van der Waals surface area contributed by atoms with Gasteiger partial charge < -0.3 is 5.32 Å². The van der Waals surface area contributed by atoms with E-state index >= 15 is 0 Å². The second-order valence-electron chi connectivity index (χ2n) is 5.14. The lowest BCUT2D eigenvalue weighted by molar-refractivity contribution is 0.628. The van der Waals surface area contributed by atoms with Gasteiger partial charge >= 0.3 is 0 Å². The first kappa shape index (κ1) is 16.1. The Morgan fingerprint density at radius 2 is 1.87 bits per heavy atom. The average molecular weight is 347 g/mol. The molecule has 0 fully saturated rings. The summed E-state index contributed by atoms with van der Waals surface area (Å²) in [6.45, 7) is 1.56. The summed E-state index contributed by atoms with van der Waals surface area (Å²) in [5.41, 5.74) is 2.14. The van der Waals surface area contributed by atoms with Gasteiger partial charge in [-0.1, -0.05) is 41.9 Å². The molecule has 1 heterocycles. The Labute approximate surface area is 144 Å². The molecule has 2 nitrogen and oxygen atoms in total. The predicted octanol–water partition coefficient (Wildman–Crippen LogP) is 4.93. The molecule has 2 aromatic carbocycles. The van der Waals surface area contributed by atoms with Gasteiger partial charge in [0.1, 0.15) is 10.8 Å². The van der Waals surface area contributed by atoms with E-state index in [0.29, 0.717) is 0 Å². The fourth-order valence-electron chi connectivity index (χ4n) is 2.26. The van der Waals surface area contributed by atoms with Gasteiger partial charge in [-0.3, -0.25) is 0 Å². The van der Waals surface area contributed by atoms with Crippen LogP contribution in [-0.4, -0.2) is 11.5 Å². The highest BCUT2D eigenvalue weighted by Gasteiger charge is 2.05. The van der Waals surface area contributed by atoms with E-state index in [4.69, 9.17) is 11.6 Å². The summed E-state index contributed by atoms with van der Waals surface area (Å²) in [7, 11) is 0. The molecule has 3 aromatic rings. The van der Waals surface area contributed by atoms with Crippen LogP contribution in [0.1, 0.15) is 10.6 Å². The van der Waals surface area contributed by atoms with Crippen molar-refractivity contribution in [2.75, 3.05) is 6.54 Å². The summed E-state index contributed by atoms with van der Waals surface area (Å²) >= 11 is 7.76. The third kappa shape index (κ3) is 4.38. The van der Waals surface area contributed by atoms with E-state index in [1.807, 2.05) is 30.5 Å². The Morgan fingerprint density at radius 1 is 1.09 bits per heavy atom. The number of hydrogen-bond acceptors (Lipinski definition) is 3. The molecular weight excluding hydrogens is 331 g/mol. The summed E-state index contributed by atoms with van der Waals surface area (Å²) in [5, 5.41) is 5.21. The number of nitrogens with one attached hydrogen (secondary N) is 1. The average Bonchev–Trinajstić information content (AvgIpc) is 3.03. The molecule has 0 saturated heterocycles. The third-order valence-electron chi connectivity index (χ3n) is 3.49. The van der Waals surface area contributed by atoms with Crippen LogP contribution in [-0.2, 0) is 13.0 Å². The Hall–Kier alpha value is -1.75. The Bertz CT molecular complexity index is 771. The molecule has 0 saturated carbocycles. The van der Waals surface area contributed by atoms with Crippen LogP contribution < -0.4 is 5.32 Å². The molecule has 0 aliphatic carbocycles. The lowest BCUT2D eigenvalue weighted by Crippen LogP contribution is -2.16. The number of halogens is 2. The quantitative estimate of drug-likeness (QED) is 0.640. The molecule has 118 valence electrons. The van der Waals surface area contributed by atoms with Gasteiger partial charge in [0, 0.05) is 17.8 Å². The smallest absolute Gasteiger partial charge is 0.123 e. The summed E-state index contributed by atoms with van der Waals surface area (Å²) in [6.07, 6.45) is 2.72. The minimum atomic E-state index is -0.222. The summed E-state index contributed by atoms with van der Waals surface area (Å²) in [4.78, 5) is 5.46. The molecule has 23 heavy (non-hydrogen) atoms. The van der Waals surface area contributed by atoms with Crippen molar-refractivity contribution in [2.24, 2.45) is 0 Å². The van der Waals surface area contributed by atoms with Gasteiger partial charge in [0.15, 0.2) is 0 Å². The summed E-state index contributed by atoms with van der Waals surface area (Å²) in [5.74, 6) is -0.222. The maximum Gasteiger partial charge on any atom is 0.123 e. The van der Waals surface area contributed by atoms with Crippen molar-refractivity contribution in [2.45, 2.75) is 13.0 Å². The summed E-state index contributed by atoms with van der Waals surface area (Å²) in [6, 6.07) is 14.4. The molecule has 0 bridgehead atoms. The monoisotopic (exact) mass is 346 g/mol. The van der Waals surface area contributed by atoms with Gasteiger partial charge in [0.2, 0.25) is 0 Å². The van der Waals surface area contributed by atoms with E-state index in [1.165, 1.54) is 12.1 Å². The molecule has 0 spiro atoms. The minimum absolute atomic E-state index is 0.222. The maximum atomic E-state index is 12.9. The lowest BCUT2D eigenvalue weighted by atomic mass is 10.1. The molecule has 3 rings (SSSR count). The molecule has 0 amide bonds. The Morgan fingerprint density at radius 3 is 2.65 bits per heavy atom. The van der Waals surface area contributed by atoms with Crippen LogP contribution in [0.3, 0.4) is 0 Å². The van der Waals surface area contributed by atoms with Crippen LogP contribution in [0.2, 0.25) is 5.02 Å². The van der Waals surface area contributed by atoms with Crippen molar-refractivity contribution in [1.82, 2.24) is 10.3 Å². The molecule has 0 unspecified atom stereocenters. The highest BCUT2D eigenvalue weighted by Crippen LogP contribution is 2.26. The van der Waals surface area contributed by atoms with E-state index in [0.717, 1.165) is 45.5 Å². The van der Waals surface area contributed by atoms with Crippen LogP contribution in [0.15, 0.2) is 54.7 Å². The van der Waals surface area contributed by atoms with E-state index in [9.17, 15) is 4.39 Å². The molecular formula is C18H16ClFN2S. The van der Waals surface area contributed by atoms with Crippen LogP contribution in [0.5, 0.6) is 0 Å². The zero-order valence-corrected chi connectivity index (χ0v) is 14.0. The van der Waals surface area contributed by atoms with E-state index < -0.39 is 0 Å². The standard InChI is InChI=1S/C18H16ClFN2S/c19-16-4-2-1-3-13(16)9-10-21-12-18-22-11-17(23-18)14-5-7-15(20)8-6-14/h1-8,11,21H,9-10,12H2. The van der Waals surface area contributed by atoms with Gasteiger partial charge in [-0.25, -0.2) is 9.37 Å². The van der Waals surface area contributed by atoms with Crippen LogP contribution >= 0.6 is 22.9 Å². The number of thiazole rings is 1. The first-order valence-corrected chi connectivity index (χ1v) is 8.56. The molecule has 5 heteroatoms. The topological polar surface area (TPSA) is 24.9 Å². The second kappa shape index (κ2) is 7.68. The number of hydrogen-bond donors (Lipinski definition) is 1. The molecule has 0 aliphatic rings. The normalized spacial score (nSPS) is 10.9. The van der Waals surface area contributed by atoms with Crippen molar-refractivity contribution in [1.29, 1.82) is 0 Å². The van der Waals surface area contributed by atoms with Gasteiger partial charge in [-0.15, -0.1) is 11.3 Å². The van der Waals surface area contributed by atoms with Crippen molar-refractivity contribution >= 4 is 22.9 Å².